The van der Waals surface area contributed by atoms with Crippen LogP contribution in [0.25, 0.3) is 0 Å². The number of ether oxygens (including phenoxy) is 3. The maximum Gasteiger partial charge on any atom is 0.316 e. The summed E-state index contributed by atoms with van der Waals surface area (Å²) >= 11 is 0. The number of carbonyl (C=O) groups is 1. The maximum atomic E-state index is 11.9. The quantitative estimate of drug-likeness (QED) is 0.839. The molecule has 1 heterocycles. The number of aliphatic hydroxyl groups excluding tert-OH is 1. The molecule has 0 bridgehead atoms. The molecule has 1 aliphatic heterocycles. The molecule has 0 amide bonds. The second-order valence-electron chi connectivity index (χ2n) is 4.99. The van der Waals surface area contributed by atoms with Gasteiger partial charge >= 0.3 is 5.97 Å². The van der Waals surface area contributed by atoms with Gasteiger partial charge in [0.1, 0.15) is 11.7 Å². The maximum absolute atomic E-state index is 11.9. The highest BCUT2D eigenvalue weighted by Gasteiger charge is 2.42. The fourth-order valence-electron chi connectivity index (χ4n) is 2.03. The van der Waals surface area contributed by atoms with Gasteiger partial charge in [0.2, 0.25) is 5.79 Å². The highest BCUT2D eigenvalue weighted by atomic mass is 16.8. The molecule has 5 heteroatoms. The van der Waals surface area contributed by atoms with E-state index in [1.165, 1.54) is 0 Å². The molecule has 2 rings (SSSR count). The lowest BCUT2D eigenvalue weighted by Crippen LogP contribution is -2.49. The molecule has 1 aromatic rings. The van der Waals surface area contributed by atoms with E-state index in [0.29, 0.717) is 6.42 Å². The minimum absolute atomic E-state index is 0.361. The minimum atomic E-state index is -1.15. The summed E-state index contributed by atoms with van der Waals surface area (Å²) in [6, 6.07) is 7.30. The SMILES string of the molecule is COc1ccc(CC2C(=O)OC(C)(C)OC2O)cc1. The van der Waals surface area contributed by atoms with Crippen LogP contribution < -0.4 is 4.74 Å². The zero-order valence-corrected chi connectivity index (χ0v) is 11.3. The number of aliphatic hydroxyl groups is 1. The molecule has 104 valence electrons. The lowest BCUT2D eigenvalue weighted by atomic mass is 9.97. The van der Waals surface area contributed by atoms with Crippen LogP contribution in [-0.2, 0) is 20.7 Å². The van der Waals surface area contributed by atoms with Gasteiger partial charge in [-0.2, -0.15) is 0 Å². The molecule has 1 N–H and O–H groups in total. The van der Waals surface area contributed by atoms with Gasteiger partial charge in [-0.3, -0.25) is 4.79 Å². The first-order valence-electron chi connectivity index (χ1n) is 6.13. The van der Waals surface area contributed by atoms with Crippen molar-refractivity contribution in [1.29, 1.82) is 0 Å². The van der Waals surface area contributed by atoms with Gasteiger partial charge in [-0.05, 0) is 24.1 Å². The van der Waals surface area contributed by atoms with Crippen molar-refractivity contribution in [3.8, 4) is 5.75 Å². The average molecular weight is 266 g/mol. The van der Waals surface area contributed by atoms with E-state index >= 15 is 0 Å². The topological polar surface area (TPSA) is 65.0 Å². The predicted molar refractivity (Wildman–Crippen MR) is 67.5 cm³/mol. The van der Waals surface area contributed by atoms with Crippen LogP contribution in [0, 0.1) is 5.92 Å². The van der Waals surface area contributed by atoms with E-state index in [1.54, 1.807) is 33.1 Å². The fourth-order valence-corrected chi connectivity index (χ4v) is 2.03. The van der Waals surface area contributed by atoms with Crippen LogP contribution in [0.15, 0.2) is 24.3 Å². The molecule has 1 aliphatic rings. The zero-order chi connectivity index (χ0) is 14.0. The predicted octanol–water partition coefficient (Wildman–Crippen LogP) is 1.48. The molecular formula is C14H18O5. The lowest BCUT2D eigenvalue weighted by Gasteiger charge is -2.37. The first-order valence-corrected chi connectivity index (χ1v) is 6.13. The first kappa shape index (κ1) is 13.8. The van der Waals surface area contributed by atoms with E-state index in [-0.39, 0.29) is 0 Å². The molecule has 1 aromatic carbocycles. The van der Waals surface area contributed by atoms with E-state index in [2.05, 4.69) is 0 Å². The molecule has 19 heavy (non-hydrogen) atoms. The van der Waals surface area contributed by atoms with E-state index < -0.39 is 24.0 Å². The minimum Gasteiger partial charge on any atom is -0.497 e. The Morgan fingerprint density at radius 1 is 1.32 bits per heavy atom. The molecule has 2 atom stereocenters. The summed E-state index contributed by atoms with van der Waals surface area (Å²) in [4.78, 5) is 11.9. The normalized spacial score (nSPS) is 25.8. The molecular weight excluding hydrogens is 248 g/mol. The van der Waals surface area contributed by atoms with Gasteiger partial charge in [-0.15, -0.1) is 0 Å². The Morgan fingerprint density at radius 3 is 2.47 bits per heavy atom. The van der Waals surface area contributed by atoms with Gasteiger partial charge in [-0.25, -0.2) is 0 Å². The molecule has 2 unspecified atom stereocenters. The monoisotopic (exact) mass is 266 g/mol. The highest BCUT2D eigenvalue weighted by molar-refractivity contribution is 5.74. The van der Waals surface area contributed by atoms with Crippen LogP contribution in [0.3, 0.4) is 0 Å². The standard InChI is InChI=1S/C14H18O5/c1-14(2)18-12(15)11(13(16)19-14)8-9-4-6-10(17-3)7-5-9/h4-7,11-12,15H,8H2,1-3H3. The van der Waals surface area contributed by atoms with Gasteiger partial charge in [0.15, 0.2) is 6.29 Å². The second-order valence-corrected chi connectivity index (χ2v) is 4.99. The molecule has 0 spiro atoms. The molecule has 0 aliphatic carbocycles. The van der Waals surface area contributed by atoms with Crippen molar-refractivity contribution in [1.82, 2.24) is 0 Å². The Hall–Kier alpha value is -1.59. The first-order chi connectivity index (χ1) is 8.91. The number of rotatable bonds is 3. The molecule has 1 saturated heterocycles. The van der Waals surface area contributed by atoms with Crippen LogP contribution in [0.1, 0.15) is 19.4 Å². The summed E-state index contributed by atoms with van der Waals surface area (Å²) in [7, 11) is 1.59. The third-order valence-corrected chi connectivity index (χ3v) is 3.01. The molecule has 5 nitrogen and oxygen atoms in total. The highest BCUT2D eigenvalue weighted by Crippen LogP contribution is 2.28. The van der Waals surface area contributed by atoms with Crippen LogP contribution in [-0.4, -0.2) is 30.3 Å². The third-order valence-electron chi connectivity index (χ3n) is 3.01. The van der Waals surface area contributed by atoms with E-state index in [9.17, 15) is 9.90 Å². The molecule has 0 aromatic heterocycles. The Bertz CT molecular complexity index is 451. The van der Waals surface area contributed by atoms with Crippen molar-refractivity contribution in [3.63, 3.8) is 0 Å². The molecule has 1 fully saturated rings. The van der Waals surface area contributed by atoms with Crippen molar-refractivity contribution in [2.45, 2.75) is 32.3 Å². The summed E-state index contributed by atoms with van der Waals surface area (Å²) in [6.45, 7) is 3.19. The fraction of sp³-hybridized carbons (Fsp3) is 0.500. The zero-order valence-electron chi connectivity index (χ0n) is 11.3. The number of methoxy groups -OCH3 is 1. The van der Waals surface area contributed by atoms with Crippen LogP contribution >= 0.6 is 0 Å². The Labute approximate surface area is 112 Å². The number of cyclic esters (lactones) is 1. The van der Waals surface area contributed by atoms with Crippen LogP contribution in [0.2, 0.25) is 0 Å². The Balaban J connectivity index is 2.07. The van der Waals surface area contributed by atoms with Gasteiger partial charge < -0.3 is 19.3 Å². The van der Waals surface area contributed by atoms with Crippen molar-refractivity contribution in [3.05, 3.63) is 29.8 Å². The number of carbonyl (C=O) groups excluding carboxylic acids is 1. The van der Waals surface area contributed by atoms with Gasteiger partial charge in [-0.1, -0.05) is 12.1 Å². The summed E-state index contributed by atoms with van der Waals surface area (Å²) in [5.74, 6) is -1.48. The van der Waals surface area contributed by atoms with E-state index in [1.807, 2.05) is 12.1 Å². The number of esters is 1. The molecule has 0 saturated carbocycles. The van der Waals surface area contributed by atoms with Crippen molar-refractivity contribution in [2.75, 3.05) is 7.11 Å². The van der Waals surface area contributed by atoms with Crippen molar-refractivity contribution >= 4 is 5.97 Å². The van der Waals surface area contributed by atoms with Crippen LogP contribution in [0.4, 0.5) is 0 Å². The summed E-state index contributed by atoms with van der Waals surface area (Å²) in [6.07, 6.45) is -0.793. The second kappa shape index (κ2) is 5.19. The Morgan fingerprint density at radius 2 is 1.95 bits per heavy atom. The smallest absolute Gasteiger partial charge is 0.316 e. The summed E-state index contributed by atoms with van der Waals surface area (Å²) in [5.41, 5.74) is 0.908. The van der Waals surface area contributed by atoms with Crippen molar-refractivity contribution < 1.29 is 24.1 Å². The summed E-state index contributed by atoms with van der Waals surface area (Å²) in [5, 5.41) is 9.89. The van der Waals surface area contributed by atoms with Gasteiger partial charge in [0, 0.05) is 13.8 Å². The van der Waals surface area contributed by atoms with Crippen molar-refractivity contribution in [2.24, 2.45) is 5.92 Å². The van der Waals surface area contributed by atoms with E-state index in [0.717, 1.165) is 11.3 Å². The van der Waals surface area contributed by atoms with Crippen LogP contribution in [0.5, 0.6) is 5.75 Å². The largest absolute Gasteiger partial charge is 0.497 e. The summed E-state index contributed by atoms with van der Waals surface area (Å²) < 4.78 is 15.5. The Kier molecular flexibility index (Phi) is 3.78. The van der Waals surface area contributed by atoms with Gasteiger partial charge in [0.25, 0.3) is 0 Å². The van der Waals surface area contributed by atoms with E-state index in [4.69, 9.17) is 14.2 Å². The number of hydrogen-bond donors (Lipinski definition) is 1. The molecule has 0 radical (unpaired) electrons. The third kappa shape index (κ3) is 3.24. The van der Waals surface area contributed by atoms with Gasteiger partial charge in [0.05, 0.1) is 7.11 Å². The average Bonchev–Trinajstić information content (AvgIpc) is 2.33. The lowest BCUT2D eigenvalue weighted by molar-refractivity contribution is -0.314. The number of benzene rings is 1. The number of hydrogen-bond acceptors (Lipinski definition) is 5.